The minimum absolute atomic E-state index is 0.188. The van der Waals surface area contributed by atoms with Crippen LogP contribution in [0.4, 0.5) is 5.69 Å². The van der Waals surface area contributed by atoms with Gasteiger partial charge in [-0.25, -0.2) is 0 Å². The molecule has 0 radical (unpaired) electrons. The van der Waals surface area contributed by atoms with Crippen molar-refractivity contribution in [3.8, 4) is 0 Å². The molecule has 2 amide bonds. The second kappa shape index (κ2) is 6.35. The average Bonchev–Trinajstić information content (AvgIpc) is 2.57. The van der Waals surface area contributed by atoms with Crippen molar-refractivity contribution < 1.29 is 9.59 Å². The summed E-state index contributed by atoms with van der Waals surface area (Å²) < 4.78 is 0. The van der Waals surface area contributed by atoms with Crippen molar-refractivity contribution in [2.75, 3.05) is 4.90 Å². The Balaban J connectivity index is 1.91. The quantitative estimate of drug-likeness (QED) is 0.903. The highest BCUT2D eigenvalue weighted by Gasteiger charge is 2.32. The van der Waals surface area contributed by atoms with Gasteiger partial charge in [0.25, 0.3) is 0 Å². The first-order valence-corrected chi connectivity index (χ1v) is 8.01. The molecular weight excluding hydrogens is 302 g/mol. The lowest BCUT2D eigenvalue weighted by atomic mass is 9.85. The summed E-state index contributed by atoms with van der Waals surface area (Å²) in [5.41, 5.74) is 14.5. The third-order valence-corrected chi connectivity index (χ3v) is 4.67. The Hall–Kier alpha value is -2.82. The fourth-order valence-electron chi connectivity index (χ4n) is 3.36. The number of fused-ring (bicyclic) bond motifs is 1. The molecule has 5 heteroatoms. The molecule has 1 aliphatic rings. The van der Waals surface area contributed by atoms with Crippen LogP contribution in [0.15, 0.2) is 48.5 Å². The maximum Gasteiger partial charge on any atom is 0.248 e. The highest BCUT2D eigenvalue weighted by atomic mass is 16.1. The number of carbonyl (C=O) groups excluding carboxylic acids is 2. The van der Waals surface area contributed by atoms with E-state index in [9.17, 15) is 9.59 Å². The van der Waals surface area contributed by atoms with Gasteiger partial charge in [0.05, 0.1) is 5.92 Å². The van der Waals surface area contributed by atoms with Crippen LogP contribution in [0.1, 0.15) is 40.7 Å². The number of primary amides is 2. The molecule has 0 spiro atoms. The SMILES string of the molecule is C[C@@H]1C[C@@H](C(N)=O)c2ccccc2N1Cc1ccc(C(N)=O)cc1. The number of nitrogens with zero attached hydrogens (tertiary/aromatic N) is 1. The molecule has 5 nitrogen and oxygen atoms in total. The summed E-state index contributed by atoms with van der Waals surface area (Å²) in [6.45, 7) is 2.80. The van der Waals surface area contributed by atoms with Crippen LogP contribution in [0.25, 0.3) is 0 Å². The molecule has 0 saturated heterocycles. The highest BCUT2D eigenvalue weighted by molar-refractivity contribution is 5.92. The first-order valence-electron chi connectivity index (χ1n) is 8.01. The summed E-state index contributed by atoms with van der Waals surface area (Å²) in [5.74, 6) is -0.952. The zero-order chi connectivity index (χ0) is 17.3. The summed E-state index contributed by atoms with van der Waals surface area (Å²) in [7, 11) is 0. The summed E-state index contributed by atoms with van der Waals surface area (Å²) in [6.07, 6.45) is 0.700. The van der Waals surface area contributed by atoms with Crippen molar-refractivity contribution in [3.05, 3.63) is 65.2 Å². The van der Waals surface area contributed by atoms with Crippen molar-refractivity contribution in [3.63, 3.8) is 0 Å². The van der Waals surface area contributed by atoms with Gasteiger partial charge in [-0.1, -0.05) is 30.3 Å². The van der Waals surface area contributed by atoms with Crippen molar-refractivity contribution in [2.45, 2.75) is 31.8 Å². The number of para-hydroxylation sites is 1. The molecule has 24 heavy (non-hydrogen) atoms. The van der Waals surface area contributed by atoms with E-state index < -0.39 is 5.91 Å². The number of anilines is 1. The number of nitrogens with two attached hydrogens (primary N) is 2. The van der Waals surface area contributed by atoms with Gasteiger partial charge in [0.1, 0.15) is 0 Å². The van der Waals surface area contributed by atoms with Crippen LogP contribution in [0.5, 0.6) is 0 Å². The van der Waals surface area contributed by atoms with E-state index in [1.807, 2.05) is 36.4 Å². The lowest BCUT2D eigenvalue weighted by molar-refractivity contribution is -0.119. The molecule has 0 saturated carbocycles. The van der Waals surface area contributed by atoms with E-state index in [1.165, 1.54) is 0 Å². The number of benzene rings is 2. The molecule has 1 heterocycles. The molecule has 2 aromatic rings. The van der Waals surface area contributed by atoms with Gasteiger partial charge in [-0.15, -0.1) is 0 Å². The molecule has 0 fully saturated rings. The lowest BCUT2D eigenvalue weighted by Crippen LogP contribution is -2.41. The zero-order valence-corrected chi connectivity index (χ0v) is 13.6. The molecule has 2 atom stereocenters. The second-order valence-corrected chi connectivity index (χ2v) is 6.29. The first-order chi connectivity index (χ1) is 11.5. The van der Waals surface area contributed by atoms with E-state index in [0.29, 0.717) is 18.5 Å². The van der Waals surface area contributed by atoms with Crippen LogP contribution in [0.2, 0.25) is 0 Å². The van der Waals surface area contributed by atoms with Crippen LogP contribution in [0.3, 0.4) is 0 Å². The van der Waals surface area contributed by atoms with Crippen molar-refractivity contribution in [1.82, 2.24) is 0 Å². The maximum atomic E-state index is 11.8. The molecule has 3 rings (SSSR count). The molecular formula is C19H21N3O2. The van der Waals surface area contributed by atoms with Gasteiger partial charge in [-0.05, 0) is 42.7 Å². The van der Waals surface area contributed by atoms with Gasteiger partial charge < -0.3 is 16.4 Å². The molecule has 0 aromatic heterocycles. The van der Waals surface area contributed by atoms with E-state index in [-0.39, 0.29) is 17.9 Å². The van der Waals surface area contributed by atoms with E-state index in [2.05, 4.69) is 11.8 Å². The van der Waals surface area contributed by atoms with Crippen LogP contribution in [0, 0.1) is 0 Å². The summed E-state index contributed by atoms with van der Waals surface area (Å²) in [6, 6.07) is 15.4. The van der Waals surface area contributed by atoms with Crippen LogP contribution >= 0.6 is 0 Å². The number of hydrogen-bond acceptors (Lipinski definition) is 3. The van der Waals surface area contributed by atoms with E-state index in [1.54, 1.807) is 12.1 Å². The highest BCUT2D eigenvalue weighted by Crippen LogP contribution is 2.38. The molecule has 1 aliphatic heterocycles. The summed E-state index contributed by atoms with van der Waals surface area (Å²) >= 11 is 0. The van der Waals surface area contributed by atoms with Crippen molar-refractivity contribution >= 4 is 17.5 Å². The van der Waals surface area contributed by atoms with Gasteiger partial charge in [0.15, 0.2) is 0 Å². The third kappa shape index (κ3) is 2.97. The largest absolute Gasteiger partial charge is 0.369 e. The Morgan fingerprint density at radius 3 is 2.38 bits per heavy atom. The second-order valence-electron chi connectivity index (χ2n) is 6.29. The Bertz CT molecular complexity index is 770. The maximum absolute atomic E-state index is 11.8. The van der Waals surface area contributed by atoms with Gasteiger partial charge in [-0.2, -0.15) is 0 Å². The smallest absolute Gasteiger partial charge is 0.248 e. The first kappa shape index (κ1) is 16.1. The lowest BCUT2D eigenvalue weighted by Gasteiger charge is -2.40. The van der Waals surface area contributed by atoms with Crippen LogP contribution in [-0.2, 0) is 11.3 Å². The van der Waals surface area contributed by atoms with Gasteiger partial charge in [-0.3, -0.25) is 9.59 Å². The molecule has 4 N–H and O–H groups in total. The Morgan fingerprint density at radius 2 is 1.75 bits per heavy atom. The minimum Gasteiger partial charge on any atom is -0.369 e. The standard InChI is InChI=1S/C19H21N3O2/c1-12-10-16(19(21)24)15-4-2-3-5-17(15)22(12)11-13-6-8-14(9-7-13)18(20)23/h2-9,12,16H,10-11H2,1H3,(H2,20,23)(H2,21,24)/t12-,16-/m1/s1. The molecule has 0 bridgehead atoms. The fraction of sp³-hybridized carbons (Fsp3) is 0.263. The fourth-order valence-corrected chi connectivity index (χ4v) is 3.36. The number of amides is 2. The number of rotatable bonds is 4. The number of hydrogen-bond donors (Lipinski definition) is 2. The minimum atomic E-state index is -0.428. The molecule has 2 aromatic carbocycles. The van der Waals surface area contributed by atoms with E-state index in [0.717, 1.165) is 16.8 Å². The van der Waals surface area contributed by atoms with Crippen LogP contribution in [-0.4, -0.2) is 17.9 Å². The van der Waals surface area contributed by atoms with Crippen molar-refractivity contribution in [1.29, 1.82) is 0 Å². The summed E-state index contributed by atoms with van der Waals surface area (Å²) in [4.78, 5) is 25.2. The Morgan fingerprint density at radius 1 is 1.08 bits per heavy atom. The monoisotopic (exact) mass is 323 g/mol. The zero-order valence-electron chi connectivity index (χ0n) is 13.6. The molecule has 0 aliphatic carbocycles. The molecule has 0 unspecified atom stereocenters. The average molecular weight is 323 g/mol. The topological polar surface area (TPSA) is 89.4 Å². The predicted molar refractivity (Wildman–Crippen MR) is 93.6 cm³/mol. The third-order valence-electron chi connectivity index (χ3n) is 4.67. The number of carbonyl (C=O) groups is 2. The van der Waals surface area contributed by atoms with Crippen LogP contribution < -0.4 is 16.4 Å². The Labute approximate surface area is 141 Å². The predicted octanol–water partition coefficient (Wildman–Crippen LogP) is 2.15. The van der Waals surface area contributed by atoms with E-state index >= 15 is 0 Å². The summed E-state index contributed by atoms with van der Waals surface area (Å²) in [5, 5.41) is 0. The van der Waals surface area contributed by atoms with Gasteiger partial charge in [0, 0.05) is 23.8 Å². The van der Waals surface area contributed by atoms with Gasteiger partial charge in [0.2, 0.25) is 11.8 Å². The van der Waals surface area contributed by atoms with Gasteiger partial charge >= 0.3 is 0 Å². The van der Waals surface area contributed by atoms with Crippen molar-refractivity contribution in [2.24, 2.45) is 11.5 Å². The van der Waals surface area contributed by atoms with E-state index in [4.69, 9.17) is 11.5 Å². The normalized spacial score (nSPS) is 19.6. The molecule has 124 valence electrons. The Kier molecular flexibility index (Phi) is 4.25.